The maximum Gasteiger partial charge on any atom is 0.127 e. The van der Waals surface area contributed by atoms with Gasteiger partial charge in [-0.05, 0) is 44.6 Å². The fourth-order valence-corrected chi connectivity index (χ4v) is 2.95. The van der Waals surface area contributed by atoms with Gasteiger partial charge in [-0.1, -0.05) is 6.07 Å². The zero-order valence-electron chi connectivity index (χ0n) is 9.75. The first-order valence-electron chi connectivity index (χ1n) is 5.55. The average Bonchev–Trinajstić information content (AvgIpc) is 2.71. The second kappa shape index (κ2) is 5.32. The molecule has 0 aliphatic heterocycles. The number of hydrogen-bond acceptors (Lipinski definition) is 3. The van der Waals surface area contributed by atoms with Crippen LogP contribution < -0.4 is 10.1 Å². The fraction of sp³-hybridized carbons (Fsp3) is 0.385. The summed E-state index contributed by atoms with van der Waals surface area (Å²) in [5.74, 6) is 0.980. The minimum Gasteiger partial charge on any atom is -0.496 e. The van der Waals surface area contributed by atoms with Crippen molar-refractivity contribution in [3.05, 3.63) is 29.1 Å². The SMILES string of the molecule is CNCCCc1cc2c(OC)cccc2s1. The standard InChI is InChI=1S/C13H17NOS/c1-14-8-4-5-10-9-11-12(15-2)6-3-7-13(11)16-10/h3,6-7,9,14H,4-5,8H2,1-2H3. The number of hydrogen-bond donors (Lipinski definition) is 1. The lowest BCUT2D eigenvalue weighted by Crippen LogP contribution is -2.07. The highest BCUT2D eigenvalue weighted by atomic mass is 32.1. The monoisotopic (exact) mass is 235 g/mol. The zero-order valence-corrected chi connectivity index (χ0v) is 10.6. The lowest BCUT2D eigenvalue weighted by molar-refractivity contribution is 0.420. The van der Waals surface area contributed by atoms with Gasteiger partial charge in [-0.3, -0.25) is 0 Å². The molecule has 1 aromatic carbocycles. The maximum absolute atomic E-state index is 5.36. The first-order chi connectivity index (χ1) is 7.85. The fourth-order valence-electron chi connectivity index (χ4n) is 1.83. The van der Waals surface area contributed by atoms with Crippen LogP contribution in [0.3, 0.4) is 0 Å². The Labute approximate surface area is 100 Å². The van der Waals surface area contributed by atoms with Crippen LogP contribution in [0, 0.1) is 0 Å². The normalized spacial score (nSPS) is 10.9. The Morgan fingerprint density at radius 3 is 3.00 bits per heavy atom. The van der Waals surface area contributed by atoms with Crippen molar-refractivity contribution in [2.45, 2.75) is 12.8 Å². The van der Waals surface area contributed by atoms with Crippen LogP contribution >= 0.6 is 11.3 Å². The Bertz CT molecular complexity index is 464. The molecular formula is C13H17NOS. The van der Waals surface area contributed by atoms with Crippen LogP contribution in [0.25, 0.3) is 10.1 Å². The van der Waals surface area contributed by atoms with E-state index in [1.807, 2.05) is 24.5 Å². The summed E-state index contributed by atoms with van der Waals surface area (Å²) in [6, 6.07) is 8.49. The number of methoxy groups -OCH3 is 1. The Hall–Kier alpha value is -1.06. The third-order valence-corrected chi connectivity index (χ3v) is 3.80. The van der Waals surface area contributed by atoms with Gasteiger partial charge in [0.1, 0.15) is 5.75 Å². The van der Waals surface area contributed by atoms with Crippen molar-refractivity contribution in [2.75, 3.05) is 20.7 Å². The van der Waals surface area contributed by atoms with Crippen LogP contribution in [0.2, 0.25) is 0 Å². The van der Waals surface area contributed by atoms with Gasteiger partial charge >= 0.3 is 0 Å². The Kier molecular flexibility index (Phi) is 3.80. The highest BCUT2D eigenvalue weighted by Gasteiger charge is 2.05. The molecule has 0 atom stereocenters. The minimum absolute atomic E-state index is 0.980. The van der Waals surface area contributed by atoms with E-state index in [1.165, 1.54) is 21.4 Å². The molecule has 0 unspecified atom stereocenters. The van der Waals surface area contributed by atoms with Crippen LogP contribution in [-0.2, 0) is 6.42 Å². The zero-order chi connectivity index (χ0) is 11.4. The van der Waals surface area contributed by atoms with Gasteiger partial charge < -0.3 is 10.1 Å². The van der Waals surface area contributed by atoms with Crippen molar-refractivity contribution in [1.82, 2.24) is 5.32 Å². The first kappa shape index (κ1) is 11.4. The molecule has 0 aliphatic rings. The Morgan fingerprint density at radius 2 is 2.25 bits per heavy atom. The van der Waals surface area contributed by atoms with Gasteiger partial charge in [0.25, 0.3) is 0 Å². The van der Waals surface area contributed by atoms with E-state index in [2.05, 4.69) is 23.5 Å². The quantitative estimate of drug-likeness (QED) is 0.804. The first-order valence-corrected chi connectivity index (χ1v) is 6.37. The summed E-state index contributed by atoms with van der Waals surface area (Å²) in [4.78, 5) is 1.44. The van der Waals surface area contributed by atoms with Crippen molar-refractivity contribution in [1.29, 1.82) is 0 Å². The van der Waals surface area contributed by atoms with E-state index in [4.69, 9.17) is 4.74 Å². The highest BCUT2D eigenvalue weighted by molar-refractivity contribution is 7.19. The molecule has 0 bridgehead atoms. The molecule has 0 aliphatic carbocycles. The van der Waals surface area contributed by atoms with E-state index < -0.39 is 0 Å². The third-order valence-electron chi connectivity index (χ3n) is 2.64. The van der Waals surface area contributed by atoms with E-state index >= 15 is 0 Å². The van der Waals surface area contributed by atoms with Crippen molar-refractivity contribution in [3.8, 4) is 5.75 Å². The molecule has 1 aromatic heterocycles. The largest absolute Gasteiger partial charge is 0.496 e. The lowest BCUT2D eigenvalue weighted by atomic mass is 10.2. The van der Waals surface area contributed by atoms with Crippen molar-refractivity contribution < 1.29 is 4.74 Å². The van der Waals surface area contributed by atoms with Crippen molar-refractivity contribution in [2.24, 2.45) is 0 Å². The molecule has 0 fully saturated rings. The Balaban J connectivity index is 2.22. The number of ether oxygens (including phenoxy) is 1. The summed E-state index contributed by atoms with van der Waals surface area (Å²) in [7, 11) is 3.72. The highest BCUT2D eigenvalue weighted by Crippen LogP contribution is 2.32. The van der Waals surface area contributed by atoms with Crippen LogP contribution in [0.5, 0.6) is 5.75 Å². The van der Waals surface area contributed by atoms with Gasteiger partial charge in [0.2, 0.25) is 0 Å². The van der Waals surface area contributed by atoms with Crippen LogP contribution in [0.1, 0.15) is 11.3 Å². The van der Waals surface area contributed by atoms with Crippen LogP contribution in [0.15, 0.2) is 24.3 Å². The molecule has 0 saturated carbocycles. The minimum atomic E-state index is 0.980. The number of benzene rings is 1. The van der Waals surface area contributed by atoms with Gasteiger partial charge in [-0.25, -0.2) is 0 Å². The smallest absolute Gasteiger partial charge is 0.127 e. The molecule has 0 saturated heterocycles. The summed E-state index contributed by atoms with van der Waals surface area (Å²) in [5, 5.41) is 4.42. The van der Waals surface area contributed by atoms with E-state index in [1.54, 1.807) is 7.11 Å². The molecule has 1 heterocycles. The predicted octanol–water partition coefficient (Wildman–Crippen LogP) is 3.06. The van der Waals surface area contributed by atoms with Crippen molar-refractivity contribution in [3.63, 3.8) is 0 Å². The topological polar surface area (TPSA) is 21.3 Å². The van der Waals surface area contributed by atoms with E-state index in [9.17, 15) is 0 Å². The number of fused-ring (bicyclic) bond motifs is 1. The molecule has 2 rings (SSSR count). The number of thiophene rings is 1. The van der Waals surface area contributed by atoms with Gasteiger partial charge in [-0.2, -0.15) is 0 Å². The summed E-state index contributed by atoms with van der Waals surface area (Å²) in [6.45, 7) is 1.07. The van der Waals surface area contributed by atoms with E-state index in [0.29, 0.717) is 0 Å². The average molecular weight is 235 g/mol. The van der Waals surface area contributed by atoms with E-state index in [-0.39, 0.29) is 0 Å². The second-order valence-electron chi connectivity index (χ2n) is 3.79. The second-order valence-corrected chi connectivity index (χ2v) is 4.96. The van der Waals surface area contributed by atoms with Crippen molar-refractivity contribution >= 4 is 21.4 Å². The summed E-state index contributed by atoms with van der Waals surface area (Å²) >= 11 is 1.87. The molecule has 2 aromatic rings. The molecule has 1 N–H and O–H groups in total. The number of rotatable bonds is 5. The molecule has 0 spiro atoms. The molecule has 16 heavy (non-hydrogen) atoms. The lowest BCUT2D eigenvalue weighted by Gasteiger charge is -1.99. The molecule has 86 valence electrons. The predicted molar refractivity (Wildman–Crippen MR) is 70.6 cm³/mol. The molecule has 0 radical (unpaired) electrons. The third kappa shape index (κ3) is 2.36. The van der Waals surface area contributed by atoms with Crippen LogP contribution in [0.4, 0.5) is 0 Å². The number of nitrogens with one attached hydrogen (secondary N) is 1. The van der Waals surface area contributed by atoms with Gasteiger partial charge in [0.15, 0.2) is 0 Å². The van der Waals surface area contributed by atoms with E-state index in [0.717, 1.165) is 18.7 Å². The van der Waals surface area contributed by atoms with Gasteiger partial charge in [0.05, 0.1) is 7.11 Å². The van der Waals surface area contributed by atoms with Crippen LogP contribution in [-0.4, -0.2) is 20.7 Å². The molecule has 3 heteroatoms. The van der Waals surface area contributed by atoms with Gasteiger partial charge in [0, 0.05) is 15.0 Å². The molecule has 0 amide bonds. The molecular weight excluding hydrogens is 218 g/mol. The maximum atomic E-state index is 5.36. The summed E-state index contributed by atoms with van der Waals surface area (Å²) in [6.07, 6.45) is 2.33. The molecule has 2 nitrogen and oxygen atoms in total. The summed E-state index contributed by atoms with van der Waals surface area (Å²) < 4.78 is 6.68. The number of aryl methyl sites for hydroxylation is 1. The summed E-state index contributed by atoms with van der Waals surface area (Å²) in [5.41, 5.74) is 0. The van der Waals surface area contributed by atoms with Gasteiger partial charge in [-0.15, -0.1) is 11.3 Å². The Morgan fingerprint density at radius 1 is 1.38 bits per heavy atom.